The maximum atomic E-state index is 6.46. The fourth-order valence-corrected chi connectivity index (χ4v) is 5.07. The van der Waals surface area contributed by atoms with Crippen molar-refractivity contribution in [3.8, 4) is 11.1 Å². The van der Waals surface area contributed by atoms with Crippen LogP contribution in [-0.4, -0.2) is 0 Å². The molecule has 0 unspecified atom stereocenters. The third-order valence-corrected chi connectivity index (χ3v) is 6.49. The molecule has 4 aromatic rings. The highest BCUT2D eigenvalue weighted by Gasteiger charge is 2.48. The van der Waals surface area contributed by atoms with Gasteiger partial charge in [-0.25, -0.2) is 0 Å². The maximum absolute atomic E-state index is 6.46. The quantitative estimate of drug-likeness (QED) is 0.207. The first-order chi connectivity index (χ1) is 13.6. The van der Waals surface area contributed by atoms with E-state index in [9.17, 15) is 0 Å². The van der Waals surface area contributed by atoms with E-state index in [1.807, 2.05) is 12.1 Å². The van der Waals surface area contributed by atoms with Crippen molar-refractivity contribution < 1.29 is 0 Å². The van der Waals surface area contributed by atoms with Gasteiger partial charge in [0.2, 0.25) is 0 Å². The molecule has 4 aromatic carbocycles. The van der Waals surface area contributed by atoms with Gasteiger partial charge in [-0.2, -0.15) is 4.48 Å². The van der Waals surface area contributed by atoms with E-state index in [4.69, 9.17) is 11.6 Å². The van der Waals surface area contributed by atoms with Crippen molar-refractivity contribution in [3.05, 3.63) is 105 Å². The van der Waals surface area contributed by atoms with E-state index in [1.54, 1.807) is 0 Å². The average molecular weight is 513 g/mol. The third-order valence-electron chi connectivity index (χ3n) is 5.27. The second-order valence-electron chi connectivity index (χ2n) is 6.81. The summed E-state index contributed by atoms with van der Waals surface area (Å²) in [7, 11) is 0. The van der Waals surface area contributed by atoms with E-state index in [1.165, 1.54) is 28.2 Å². The lowest BCUT2D eigenvalue weighted by molar-refractivity contribution is 0.720. The molecule has 1 aliphatic heterocycles. The molecular formula is C24H15Br2ClN+. The first-order valence-electron chi connectivity index (χ1n) is 8.92. The minimum Gasteiger partial charge on any atom is -0.193 e. The summed E-state index contributed by atoms with van der Waals surface area (Å²) in [6.45, 7) is 0. The minimum atomic E-state index is 0.491. The molecule has 5 rings (SSSR count). The molecule has 0 aliphatic carbocycles. The van der Waals surface area contributed by atoms with E-state index < -0.39 is 0 Å². The Bertz CT molecular complexity index is 1150. The van der Waals surface area contributed by atoms with Gasteiger partial charge in [0.15, 0.2) is 11.4 Å². The smallest absolute Gasteiger partial charge is 0.157 e. The Hall–Kier alpha value is -1.91. The summed E-state index contributed by atoms with van der Waals surface area (Å²) in [5, 5.41) is 0.728. The Labute approximate surface area is 186 Å². The summed E-state index contributed by atoms with van der Waals surface area (Å²) in [4.78, 5) is 0. The lowest BCUT2D eigenvalue weighted by Gasteiger charge is -2.34. The van der Waals surface area contributed by atoms with Gasteiger partial charge in [-0.05, 0) is 30.3 Å². The predicted molar refractivity (Wildman–Crippen MR) is 126 cm³/mol. The maximum Gasteiger partial charge on any atom is 0.157 e. The molecule has 28 heavy (non-hydrogen) atoms. The molecule has 1 heterocycles. The molecule has 0 bridgehead atoms. The van der Waals surface area contributed by atoms with Crippen LogP contribution in [0.4, 0.5) is 22.7 Å². The SMILES string of the molecule is Clc1cccc([N+]2(c3ccccc3)c3cc(Br)ccc3-c3ccc(Br)cc32)c1. The van der Waals surface area contributed by atoms with Crippen LogP contribution in [0.25, 0.3) is 11.1 Å². The number of rotatable bonds is 2. The van der Waals surface area contributed by atoms with Gasteiger partial charge in [-0.1, -0.05) is 67.7 Å². The van der Waals surface area contributed by atoms with E-state index in [0.29, 0.717) is 4.48 Å². The van der Waals surface area contributed by atoms with E-state index in [2.05, 4.69) is 111 Å². The van der Waals surface area contributed by atoms with Gasteiger partial charge in [0.05, 0.1) is 11.1 Å². The molecule has 0 N–H and O–H groups in total. The summed E-state index contributed by atoms with van der Waals surface area (Å²) < 4.78 is 2.60. The largest absolute Gasteiger partial charge is 0.193 e. The molecule has 0 aromatic heterocycles. The number of fused-ring (bicyclic) bond motifs is 3. The van der Waals surface area contributed by atoms with Crippen molar-refractivity contribution in [2.45, 2.75) is 0 Å². The molecule has 0 spiro atoms. The number of nitrogens with zero attached hydrogens (tertiary/aromatic N) is 1. The van der Waals surface area contributed by atoms with Gasteiger partial charge in [0.25, 0.3) is 0 Å². The van der Waals surface area contributed by atoms with Gasteiger partial charge >= 0.3 is 0 Å². The summed E-state index contributed by atoms with van der Waals surface area (Å²) in [6.07, 6.45) is 0. The van der Waals surface area contributed by atoms with Crippen molar-refractivity contribution in [3.63, 3.8) is 0 Å². The first kappa shape index (κ1) is 18.1. The zero-order valence-corrected chi connectivity index (χ0v) is 18.7. The molecule has 0 saturated carbocycles. The predicted octanol–water partition coefficient (Wildman–Crippen LogP) is 9.15. The molecular weight excluding hydrogens is 498 g/mol. The Morgan fingerprint density at radius 3 is 1.71 bits per heavy atom. The van der Waals surface area contributed by atoms with Crippen LogP contribution in [0.15, 0.2) is 99.9 Å². The van der Waals surface area contributed by atoms with Crippen LogP contribution >= 0.6 is 43.5 Å². The van der Waals surface area contributed by atoms with Gasteiger partial charge in [0.1, 0.15) is 11.4 Å². The summed E-state index contributed by atoms with van der Waals surface area (Å²) >= 11 is 13.8. The molecule has 136 valence electrons. The van der Waals surface area contributed by atoms with Crippen LogP contribution in [0.2, 0.25) is 5.02 Å². The Morgan fingerprint density at radius 1 is 0.571 bits per heavy atom. The highest BCUT2D eigenvalue weighted by Crippen LogP contribution is 2.63. The van der Waals surface area contributed by atoms with Crippen molar-refractivity contribution in [2.24, 2.45) is 0 Å². The second kappa shape index (κ2) is 6.85. The topological polar surface area (TPSA) is 0 Å². The Kier molecular flexibility index (Phi) is 4.44. The standard InChI is InChI=1S/C24H15Br2ClN/c25-16-9-11-21-22-12-10-17(26)14-24(22)28(23(21)13-16,19-6-2-1-3-7-19)20-8-4-5-18(27)15-20/h1-15H/q+1. The van der Waals surface area contributed by atoms with Crippen molar-refractivity contribution in [1.82, 2.24) is 4.48 Å². The number of benzene rings is 4. The highest BCUT2D eigenvalue weighted by molar-refractivity contribution is 9.10. The lowest BCUT2D eigenvalue weighted by atomic mass is 10.1. The second-order valence-corrected chi connectivity index (χ2v) is 9.08. The van der Waals surface area contributed by atoms with E-state index in [0.717, 1.165) is 19.7 Å². The van der Waals surface area contributed by atoms with Crippen LogP contribution in [0.1, 0.15) is 0 Å². The van der Waals surface area contributed by atoms with Gasteiger partial charge in [0, 0.05) is 50.4 Å². The molecule has 1 aliphatic rings. The number of halogens is 3. The molecule has 1 nitrogen and oxygen atoms in total. The van der Waals surface area contributed by atoms with Crippen LogP contribution in [-0.2, 0) is 0 Å². The molecule has 0 amide bonds. The highest BCUT2D eigenvalue weighted by atomic mass is 79.9. The van der Waals surface area contributed by atoms with Crippen LogP contribution < -0.4 is 4.48 Å². The molecule has 0 saturated heterocycles. The van der Waals surface area contributed by atoms with Crippen LogP contribution in [0, 0.1) is 0 Å². The Balaban J connectivity index is 2.00. The molecule has 4 heteroatoms. The average Bonchev–Trinajstić information content (AvgIpc) is 2.98. The van der Waals surface area contributed by atoms with Crippen molar-refractivity contribution >= 4 is 66.2 Å². The first-order valence-corrected chi connectivity index (χ1v) is 10.9. The van der Waals surface area contributed by atoms with E-state index in [-0.39, 0.29) is 0 Å². The zero-order chi connectivity index (χ0) is 19.3. The van der Waals surface area contributed by atoms with Crippen LogP contribution in [0.5, 0.6) is 0 Å². The number of para-hydroxylation sites is 1. The van der Waals surface area contributed by atoms with Gasteiger partial charge in [-0.15, -0.1) is 0 Å². The monoisotopic (exact) mass is 510 g/mol. The summed E-state index contributed by atoms with van der Waals surface area (Å²) in [6, 6.07) is 31.8. The van der Waals surface area contributed by atoms with Gasteiger partial charge < -0.3 is 0 Å². The van der Waals surface area contributed by atoms with Gasteiger partial charge in [-0.3, -0.25) is 0 Å². The lowest BCUT2D eigenvalue weighted by Crippen LogP contribution is -2.31. The third kappa shape index (κ3) is 2.61. The molecule has 0 fully saturated rings. The Morgan fingerprint density at radius 2 is 1.14 bits per heavy atom. The normalized spacial score (nSPS) is 13.8. The van der Waals surface area contributed by atoms with Crippen molar-refractivity contribution in [1.29, 1.82) is 0 Å². The fourth-order valence-electron chi connectivity index (χ4n) is 4.19. The summed E-state index contributed by atoms with van der Waals surface area (Å²) in [5.74, 6) is 0. The number of hydrogen-bond acceptors (Lipinski definition) is 0. The molecule has 0 radical (unpaired) electrons. The molecule has 0 atom stereocenters. The number of quaternary nitrogens is 1. The van der Waals surface area contributed by atoms with E-state index >= 15 is 0 Å². The van der Waals surface area contributed by atoms with Crippen molar-refractivity contribution in [2.75, 3.05) is 0 Å². The zero-order valence-electron chi connectivity index (χ0n) is 14.7. The van der Waals surface area contributed by atoms with Crippen LogP contribution in [0.3, 0.4) is 0 Å². The minimum absolute atomic E-state index is 0.491. The summed E-state index contributed by atoms with van der Waals surface area (Å²) in [5.41, 5.74) is 7.15. The fraction of sp³-hybridized carbons (Fsp3) is 0. The number of hydrogen-bond donors (Lipinski definition) is 0.